The van der Waals surface area contributed by atoms with E-state index < -0.39 is 18.6 Å². The van der Waals surface area contributed by atoms with Gasteiger partial charge in [-0.1, -0.05) is 17.7 Å². The van der Waals surface area contributed by atoms with Gasteiger partial charge in [-0.2, -0.15) is 0 Å². The van der Waals surface area contributed by atoms with Crippen molar-refractivity contribution in [3.63, 3.8) is 0 Å². The van der Waals surface area contributed by atoms with Crippen LogP contribution in [-0.4, -0.2) is 36.6 Å². The number of amides is 1. The summed E-state index contributed by atoms with van der Waals surface area (Å²) in [7, 11) is 1.64. The number of rotatable bonds is 5. The third-order valence-electron chi connectivity index (χ3n) is 2.48. The molecule has 0 aliphatic carbocycles. The molecule has 0 aromatic heterocycles. The largest absolute Gasteiger partial charge is 0.480 e. The van der Waals surface area contributed by atoms with Crippen LogP contribution in [-0.2, 0) is 9.59 Å². The number of nitrogens with one attached hydrogen (secondary N) is 1. The lowest BCUT2D eigenvalue weighted by atomic mass is 10.2. The van der Waals surface area contributed by atoms with Gasteiger partial charge in [-0.05, 0) is 32.2 Å². The number of aliphatic carboxylic acids is 1. The molecule has 0 fully saturated rings. The Morgan fingerprint density at radius 1 is 1.50 bits per heavy atom. The second kappa shape index (κ2) is 6.37. The van der Waals surface area contributed by atoms with E-state index in [0.717, 1.165) is 0 Å². The second-order valence-electron chi connectivity index (χ2n) is 3.81. The minimum Gasteiger partial charge on any atom is -0.480 e. The number of halogens is 1. The molecule has 6 heteroatoms. The van der Waals surface area contributed by atoms with Crippen LogP contribution in [0, 0.1) is 0 Å². The zero-order chi connectivity index (χ0) is 13.7. The van der Waals surface area contributed by atoms with Crippen LogP contribution in [0.1, 0.15) is 6.92 Å². The lowest BCUT2D eigenvalue weighted by molar-refractivity contribution is -0.136. The molecule has 0 saturated heterocycles. The maximum absolute atomic E-state index is 12.1. The number of carboxylic acid groups (broad SMARTS) is 1. The summed E-state index contributed by atoms with van der Waals surface area (Å²) in [6.45, 7) is 1.27. The van der Waals surface area contributed by atoms with Crippen LogP contribution >= 0.6 is 11.6 Å². The van der Waals surface area contributed by atoms with Gasteiger partial charge in [0.05, 0.1) is 6.04 Å². The number of hydrogen-bond donors (Lipinski definition) is 2. The van der Waals surface area contributed by atoms with E-state index in [0.29, 0.717) is 10.7 Å². The molecule has 5 nitrogen and oxygen atoms in total. The monoisotopic (exact) mass is 270 g/mol. The van der Waals surface area contributed by atoms with Gasteiger partial charge in [0.15, 0.2) is 0 Å². The lowest BCUT2D eigenvalue weighted by Gasteiger charge is -2.24. The number of carbonyl (C=O) groups is 2. The molecule has 1 atom stereocenters. The number of anilines is 1. The van der Waals surface area contributed by atoms with Crippen molar-refractivity contribution in [1.82, 2.24) is 5.32 Å². The summed E-state index contributed by atoms with van der Waals surface area (Å²) >= 11 is 5.84. The Morgan fingerprint density at radius 3 is 2.67 bits per heavy atom. The summed E-state index contributed by atoms with van der Waals surface area (Å²) in [6.07, 6.45) is 0. The molecule has 2 N–H and O–H groups in total. The topological polar surface area (TPSA) is 69.6 Å². The highest BCUT2D eigenvalue weighted by molar-refractivity contribution is 6.31. The molecule has 0 radical (unpaired) electrons. The van der Waals surface area contributed by atoms with Crippen molar-refractivity contribution in [2.45, 2.75) is 13.0 Å². The van der Waals surface area contributed by atoms with E-state index in [-0.39, 0.29) is 5.91 Å². The van der Waals surface area contributed by atoms with Gasteiger partial charge in [0, 0.05) is 10.7 Å². The SMILES string of the molecule is CNC(C)C(=O)N(CC(=O)O)c1cccc(Cl)c1. The standard InChI is InChI=1S/C12H15ClN2O3/c1-8(14-2)12(18)15(7-11(16)17)10-5-3-4-9(13)6-10/h3-6,8,14H,7H2,1-2H3,(H,16,17). The second-order valence-corrected chi connectivity index (χ2v) is 4.24. The zero-order valence-corrected chi connectivity index (χ0v) is 10.9. The first-order valence-corrected chi connectivity index (χ1v) is 5.79. The fourth-order valence-electron chi connectivity index (χ4n) is 1.43. The van der Waals surface area contributed by atoms with Gasteiger partial charge in [-0.3, -0.25) is 14.5 Å². The van der Waals surface area contributed by atoms with E-state index in [4.69, 9.17) is 16.7 Å². The predicted molar refractivity (Wildman–Crippen MR) is 70.0 cm³/mol. The molecule has 0 aliphatic rings. The van der Waals surface area contributed by atoms with E-state index in [9.17, 15) is 9.59 Å². The van der Waals surface area contributed by atoms with E-state index in [2.05, 4.69) is 5.32 Å². The third-order valence-corrected chi connectivity index (χ3v) is 2.72. The molecule has 1 aromatic rings. The minimum atomic E-state index is -1.08. The van der Waals surface area contributed by atoms with Gasteiger partial charge in [0.2, 0.25) is 5.91 Å². The molecule has 1 rings (SSSR count). The number of hydrogen-bond acceptors (Lipinski definition) is 3. The van der Waals surface area contributed by atoms with Crippen molar-refractivity contribution in [3.8, 4) is 0 Å². The summed E-state index contributed by atoms with van der Waals surface area (Å²) < 4.78 is 0. The number of likely N-dealkylation sites (N-methyl/N-ethyl adjacent to an activating group) is 1. The summed E-state index contributed by atoms with van der Waals surface area (Å²) in [5.41, 5.74) is 0.469. The van der Waals surface area contributed by atoms with Crippen LogP contribution in [0.25, 0.3) is 0 Å². The highest BCUT2D eigenvalue weighted by Gasteiger charge is 2.23. The van der Waals surface area contributed by atoms with Crippen molar-refractivity contribution < 1.29 is 14.7 Å². The van der Waals surface area contributed by atoms with Crippen LogP contribution in [0.5, 0.6) is 0 Å². The first-order valence-electron chi connectivity index (χ1n) is 5.41. The molecule has 0 aliphatic heterocycles. The molecule has 1 amide bonds. The summed E-state index contributed by atoms with van der Waals surface area (Å²) in [6, 6.07) is 6.07. The maximum Gasteiger partial charge on any atom is 0.323 e. The van der Waals surface area contributed by atoms with E-state index in [1.807, 2.05) is 0 Å². The van der Waals surface area contributed by atoms with Gasteiger partial charge in [-0.15, -0.1) is 0 Å². The molecule has 0 spiro atoms. The first-order chi connectivity index (χ1) is 8.45. The quantitative estimate of drug-likeness (QED) is 0.848. The fraction of sp³-hybridized carbons (Fsp3) is 0.333. The minimum absolute atomic E-state index is 0.317. The van der Waals surface area contributed by atoms with Crippen molar-refractivity contribution in [3.05, 3.63) is 29.3 Å². The van der Waals surface area contributed by atoms with E-state index >= 15 is 0 Å². The predicted octanol–water partition coefficient (Wildman–Crippen LogP) is 1.37. The molecule has 1 unspecified atom stereocenters. The molecular formula is C12H15ClN2O3. The van der Waals surface area contributed by atoms with Gasteiger partial charge < -0.3 is 10.4 Å². The van der Waals surface area contributed by atoms with Gasteiger partial charge >= 0.3 is 5.97 Å². The Morgan fingerprint density at radius 2 is 2.17 bits per heavy atom. The molecule has 1 aromatic carbocycles. The fourth-order valence-corrected chi connectivity index (χ4v) is 1.62. The molecule has 0 bridgehead atoms. The Bertz CT molecular complexity index is 451. The van der Waals surface area contributed by atoms with Crippen LogP contribution in [0.3, 0.4) is 0 Å². The van der Waals surface area contributed by atoms with Crippen molar-refractivity contribution >= 4 is 29.2 Å². The maximum atomic E-state index is 12.1. The van der Waals surface area contributed by atoms with Crippen LogP contribution in [0.4, 0.5) is 5.69 Å². The first kappa shape index (κ1) is 14.5. The van der Waals surface area contributed by atoms with Crippen LogP contribution < -0.4 is 10.2 Å². The van der Waals surface area contributed by atoms with Crippen molar-refractivity contribution in [2.75, 3.05) is 18.5 Å². The molecule has 0 heterocycles. The normalized spacial score (nSPS) is 11.9. The molecular weight excluding hydrogens is 256 g/mol. The smallest absolute Gasteiger partial charge is 0.323 e. The highest BCUT2D eigenvalue weighted by Crippen LogP contribution is 2.20. The Balaban J connectivity index is 3.05. The number of carboxylic acids is 1. The zero-order valence-electron chi connectivity index (χ0n) is 10.2. The average molecular weight is 271 g/mol. The number of carbonyl (C=O) groups excluding carboxylic acids is 1. The summed E-state index contributed by atoms with van der Waals surface area (Å²) in [5, 5.41) is 12.1. The summed E-state index contributed by atoms with van der Waals surface area (Å²) in [5.74, 6) is -1.39. The van der Waals surface area contributed by atoms with E-state index in [1.165, 1.54) is 4.90 Å². The van der Waals surface area contributed by atoms with Gasteiger partial charge in [0.25, 0.3) is 0 Å². The molecule has 0 saturated carbocycles. The van der Waals surface area contributed by atoms with Gasteiger partial charge in [0.1, 0.15) is 6.54 Å². The Kier molecular flexibility index (Phi) is 5.12. The summed E-state index contributed by atoms with van der Waals surface area (Å²) in [4.78, 5) is 24.1. The Hall–Kier alpha value is -1.59. The number of benzene rings is 1. The Labute approximate surface area is 110 Å². The third kappa shape index (κ3) is 3.72. The molecule has 18 heavy (non-hydrogen) atoms. The van der Waals surface area contributed by atoms with E-state index in [1.54, 1.807) is 38.2 Å². The molecule has 98 valence electrons. The van der Waals surface area contributed by atoms with Crippen molar-refractivity contribution in [2.24, 2.45) is 0 Å². The van der Waals surface area contributed by atoms with Crippen LogP contribution in [0.2, 0.25) is 5.02 Å². The van der Waals surface area contributed by atoms with Crippen LogP contribution in [0.15, 0.2) is 24.3 Å². The van der Waals surface area contributed by atoms with Gasteiger partial charge in [-0.25, -0.2) is 0 Å². The lowest BCUT2D eigenvalue weighted by Crippen LogP contribution is -2.46. The highest BCUT2D eigenvalue weighted by atomic mass is 35.5. The number of nitrogens with zero attached hydrogens (tertiary/aromatic N) is 1. The van der Waals surface area contributed by atoms with Crippen molar-refractivity contribution in [1.29, 1.82) is 0 Å². The average Bonchev–Trinajstić information content (AvgIpc) is 2.34.